The Balaban J connectivity index is 2.62. The average molecular weight is 258 g/mol. The van der Waals surface area contributed by atoms with Gasteiger partial charge in [0.2, 0.25) is 0 Å². The Labute approximate surface area is 110 Å². The largest absolute Gasteiger partial charge is 0.309 e. The lowest BCUT2D eigenvalue weighted by molar-refractivity contribution is 0.432. The van der Waals surface area contributed by atoms with Gasteiger partial charge in [0.1, 0.15) is 0 Å². The quantitative estimate of drug-likeness (QED) is 0.847. The summed E-state index contributed by atoms with van der Waals surface area (Å²) in [5, 5.41) is 8.73. The molecule has 4 heteroatoms. The van der Waals surface area contributed by atoms with Gasteiger partial charge in [0.05, 0.1) is 16.4 Å². The fraction of sp³-hybridized carbons (Fsp3) is 0.769. The second-order valence-electron chi connectivity index (χ2n) is 5.07. The molecule has 3 nitrogen and oxygen atoms in total. The Bertz CT molecular complexity index is 358. The van der Waals surface area contributed by atoms with E-state index in [9.17, 15) is 0 Å². The SMILES string of the molecule is CCn1nc(C)c(Cl)c1CNC(C)CC(C)C. The number of aryl methyl sites for hydroxylation is 2. The third kappa shape index (κ3) is 4.00. The molecule has 0 bridgehead atoms. The summed E-state index contributed by atoms with van der Waals surface area (Å²) in [6.45, 7) is 12.4. The lowest BCUT2D eigenvalue weighted by Crippen LogP contribution is -2.28. The summed E-state index contributed by atoms with van der Waals surface area (Å²) in [5.41, 5.74) is 2.02. The molecule has 1 aromatic rings. The van der Waals surface area contributed by atoms with Gasteiger partial charge >= 0.3 is 0 Å². The highest BCUT2D eigenvalue weighted by atomic mass is 35.5. The van der Waals surface area contributed by atoms with Gasteiger partial charge in [0.15, 0.2) is 0 Å². The maximum absolute atomic E-state index is 6.26. The van der Waals surface area contributed by atoms with Crippen molar-refractivity contribution in [3.63, 3.8) is 0 Å². The van der Waals surface area contributed by atoms with Gasteiger partial charge in [0, 0.05) is 19.1 Å². The predicted molar refractivity (Wildman–Crippen MR) is 73.4 cm³/mol. The molecule has 0 saturated carbocycles. The number of halogens is 1. The summed E-state index contributed by atoms with van der Waals surface area (Å²) in [6.07, 6.45) is 1.18. The average Bonchev–Trinajstić information content (AvgIpc) is 2.51. The molecule has 1 heterocycles. The van der Waals surface area contributed by atoms with Crippen molar-refractivity contribution in [3.8, 4) is 0 Å². The summed E-state index contributed by atoms with van der Waals surface area (Å²) in [6, 6.07) is 0.506. The monoisotopic (exact) mass is 257 g/mol. The Morgan fingerprint density at radius 3 is 2.53 bits per heavy atom. The van der Waals surface area contributed by atoms with Crippen LogP contribution in [0.1, 0.15) is 45.5 Å². The maximum Gasteiger partial charge on any atom is 0.0860 e. The number of nitrogens with one attached hydrogen (secondary N) is 1. The van der Waals surface area contributed by atoms with Crippen LogP contribution in [0.2, 0.25) is 5.02 Å². The molecule has 98 valence electrons. The lowest BCUT2D eigenvalue weighted by Gasteiger charge is -2.16. The van der Waals surface area contributed by atoms with E-state index in [2.05, 4.69) is 38.1 Å². The maximum atomic E-state index is 6.26. The highest BCUT2D eigenvalue weighted by molar-refractivity contribution is 6.31. The molecule has 0 radical (unpaired) electrons. The molecular formula is C13H24ClN3. The van der Waals surface area contributed by atoms with E-state index in [1.165, 1.54) is 6.42 Å². The molecule has 0 aliphatic carbocycles. The summed E-state index contributed by atoms with van der Waals surface area (Å²) in [7, 11) is 0. The number of aromatic nitrogens is 2. The van der Waals surface area contributed by atoms with E-state index in [1.807, 2.05) is 11.6 Å². The number of nitrogens with zero attached hydrogens (tertiary/aromatic N) is 2. The van der Waals surface area contributed by atoms with Crippen LogP contribution in [0.5, 0.6) is 0 Å². The van der Waals surface area contributed by atoms with Gasteiger partial charge < -0.3 is 5.32 Å². The number of hydrogen-bond donors (Lipinski definition) is 1. The third-order valence-corrected chi connectivity index (χ3v) is 3.39. The van der Waals surface area contributed by atoms with Gasteiger partial charge in [-0.05, 0) is 33.1 Å². The van der Waals surface area contributed by atoms with Gasteiger partial charge in [-0.2, -0.15) is 5.10 Å². The minimum Gasteiger partial charge on any atom is -0.309 e. The van der Waals surface area contributed by atoms with Crippen LogP contribution in [0, 0.1) is 12.8 Å². The van der Waals surface area contributed by atoms with Crippen LogP contribution in [-0.2, 0) is 13.1 Å². The molecule has 1 rings (SSSR count). The predicted octanol–water partition coefficient (Wildman–Crippen LogP) is 3.39. The van der Waals surface area contributed by atoms with Crippen molar-refractivity contribution in [2.45, 2.75) is 60.2 Å². The first-order chi connectivity index (χ1) is 7.95. The summed E-state index contributed by atoms with van der Waals surface area (Å²) in [5.74, 6) is 0.714. The van der Waals surface area contributed by atoms with Crippen molar-refractivity contribution in [2.24, 2.45) is 5.92 Å². The van der Waals surface area contributed by atoms with Gasteiger partial charge in [-0.3, -0.25) is 4.68 Å². The van der Waals surface area contributed by atoms with Gasteiger partial charge in [0.25, 0.3) is 0 Å². The summed E-state index contributed by atoms with van der Waals surface area (Å²) < 4.78 is 1.98. The number of hydrogen-bond acceptors (Lipinski definition) is 2. The van der Waals surface area contributed by atoms with Gasteiger partial charge in [-0.15, -0.1) is 0 Å². The molecule has 1 atom stereocenters. The molecule has 0 saturated heterocycles. The van der Waals surface area contributed by atoms with E-state index < -0.39 is 0 Å². The molecule has 0 amide bonds. The summed E-state index contributed by atoms with van der Waals surface area (Å²) in [4.78, 5) is 0. The molecule has 17 heavy (non-hydrogen) atoms. The van der Waals surface area contributed by atoms with Crippen LogP contribution in [0.4, 0.5) is 0 Å². The van der Waals surface area contributed by atoms with Crippen LogP contribution in [0.3, 0.4) is 0 Å². The fourth-order valence-electron chi connectivity index (χ4n) is 2.10. The zero-order valence-electron chi connectivity index (χ0n) is 11.5. The van der Waals surface area contributed by atoms with Crippen molar-refractivity contribution in [1.82, 2.24) is 15.1 Å². The molecule has 0 aliphatic rings. The normalized spacial score (nSPS) is 13.4. The van der Waals surface area contributed by atoms with Crippen molar-refractivity contribution < 1.29 is 0 Å². The summed E-state index contributed by atoms with van der Waals surface area (Å²) >= 11 is 6.26. The van der Waals surface area contributed by atoms with E-state index in [0.29, 0.717) is 12.0 Å². The van der Waals surface area contributed by atoms with Crippen molar-refractivity contribution >= 4 is 11.6 Å². The Hall–Kier alpha value is -0.540. The van der Waals surface area contributed by atoms with Gasteiger partial charge in [-0.1, -0.05) is 25.4 Å². The second kappa shape index (κ2) is 6.41. The fourth-order valence-corrected chi connectivity index (χ4v) is 2.30. The van der Waals surface area contributed by atoms with Crippen molar-refractivity contribution in [1.29, 1.82) is 0 Å². The van der Waals surface area contributed by atoms with Gasteiger partial charge in [-0.25, -0.2) is 0 Å². The third-order valence-electron chi connectivity index (χ3n) is 2.90. The molecule has 0 fully saturated rings. The molecule has 0 aromatic carbocycles. The highest BCUT2D eigenvalue weighted by Gasteiger charge is 2.13. The highest BCUT2D eigenvalue weighted by Crippen LogP contribution is 2.20. The molecule has 0 spiro atoms. The number of rotatable bonds is 6. The topological polar surface area (TPSA) is 29.9 Å². The van der Waals surface area contributed by atoms with Crippen LogP contribution in [0.25, 0.3) is 0 Å². The van der Waals surface area contributed by atoms with E-state index in [4.69, 9.17) is 11.6 Å². The Kier molecular flexibility index (Phi) is 5.47. The Morgan fingerprint density at radius 2 is 2.00 bits per heavy atom. The molecule has 0 aliphatic heterocycles. The van der Waals surface area contributed by atoms with Crippen LogP contribution in [-0.4, -0.2) is 15.8 Å². The standard InChI is InChI=1S/C13H24ClN3/c1-6-17-12(13(14)11(5)16-17)8-15-10(4)7-9(2)3/h9-10,15H,6-8H2,1-5H3. The van der Waals surface area contributed by atoms with E-state index >= 15 is 0 Å². The lowest BCUT2D eigenvalue weighted by atomic mass is 10.1. The molecular weight excluding hydrogens is 234 g/mol. The van der Waals surface area contributed by atoms with Crippen LogP contribution in [0.15, 0.2) is 0 Å². The molecule has 1 aromatic heterocycles. The first-order valence-electron chi connectivity index (χ1n) is 6.40. The first kappa shape index (κ1) is 14.5. The first-order valence-corrected chi connectivity index (χ1v) is 6.78. The molecule has 1 unspecified atom stereocenters. The van der Waals surface area contributed by atoms with Crippen molar-refractivity contribution in [3.05, 3.63) is 16.4 Å². The molecule has 1 N–H and O–H groups in total. The minimum absolute atomic E-state index is 0.506. The zero-order chi connectivity index (χ0) is 13.0. The minimum atomic E-state index is 0.506. The second-order valence-corrected chi connectivity index (χ2v) is 5.45. The van der Waals surface area contributed by atoms with Crippen molar-refractivity contribution in [2.75, 3.05) is 0 Å². The van der Waals surface area contributed by atoms with Crippen LogP contribution < -0.4 is 5.32 Å². The zero-order valence-corrected chi connectivity index (χ0v) is 12.3. The van der Waals surface area contributed by atoms with E-state index in [1.54, 1.807) is 0 Å². The Morgan fingerprint density at radius 1 is 1.35 bits per heavy atom. The van der Waals surface area contributed by atoms with Crippen LogP contribution >= 0.6 is 11.6 Å². The van der Waals surface area contributed by atoms with E-state index in [0.717, 1.165) is 29.5 Å². The smallest absolute Gasteiger partial charge is 0.0860 e. The van der Waals surface area contributed by atoms with E-state index in [-0.39, 0.29) is 0 Å².